The number of nitrogens with two attached hydrogens (primary N) is 1. The highest BCUT2D eigenvalue weighted by Gasteiger charge is 2.26. The van der Waals surface area contributed by atoms with E-state index < -0.39 is 0 Å². The molecule has 36 heavy (non-hydrogen) atoms. The number of nitrogens with zero attached hydrogens (tertiary/aromatic N) is 2. The Bertz CT molecular complexity index is 1310. The fraction of sp³-hybridized carbons (Fsp3) is 0.259. The van der Waals surface area contributed by atoms with Gasteiger partial charge in [-0.25, -0.2) is 4.98 Å². The van der Waals surface area contributed by atoms with Gasteiger partial charge >= 0.3 is 0 Å². The van der Waals surface area contributed by atoms with Crippen molar-refractivity contribution in [3.63, 3.8) is 0 Å². The molecule has 3 heterocycles. The average molecular weight is 504 g/mol. The van der Waals surface area contributed by atoms with E-state index in [9.17, 15) is 9.59 Å². The number of anilines is 2. The second kappa shape index (κ2) is 11.4. The number of hydrogen-bond donors (Lipinski definition) is 3. The first kappa shape index (κ1) is 25.4. The van der Waals surface area contributed by atoms with Crippen LogP contribution in [0.25, 0.3) is 10.3 Å². The van der Waals surface area contributed by atoms with Gasteiger partial charge in [0.2, 0.25) is 0 Å². The van der Waals surface area contributed by atoms with Gasteiger partial charge in [-0.3, -0.25) is 14.6 Å². The van der Waals surface area contributed by atoms with Gasteiger partial charge in [-0.2, -0.15) is 0 Å². The number of fused-ring (bicyclic) bond motifs is 1. The molecule has 0 atom stereocenters. The number of benzene rings is 1. The summed E-state index contributed by atoms with van der Waals surface area (Å²) in [5.74, 6) is -0.559. The van der Waals surface area contributed by atoms with E-state index in [0.29, 0.717) is 51.8 Å². The summed E-state index contributed by atoms with van der Waals surface area (Å²) in [4.78, 5) is 35.3. The van der Waals surface area contributed by atoms with Crippen molar-refractivity contribution in [1.82, 2.24) is 9.97 Å². The molecular weight excluding hydrogens is 474 g/mol. The standard InChI is InChI=1S/C27H29N5O3S/c1-3-19(6-4-5-9-27(28)10-14-35-15-11-27)24(33)31-20-8-7-18(2)21(16-20)32-25(34)23-17-22-26(36-23)30-13-12-29-22/h3-8,12-13,16-17H,1,9-11,14-15,28H2,2H3,(H,31,33)(H,32,34)/b5-4-,19-6+. The molecule has 0 bridgehead atoms. The second-order valence-electron chi connectivity index (χ2n) is 8.73. The molecule has 186 valence electrons. The van der Waals surface area contributed by atoms with E-state index in [-0.39, 0.29) is 17.4 Å². The first-order chi connectivity index (χ1) is 17.4. The lowest BCUT2D eigenvalue weighted by Gasteiger charge is -2.32. The Kier molecular flexibility index (Phi) is 8.04. The molecule has 2 amide bonds. The number of rotatable bonds is 8. The van der Waals surface area contributed by atoms with Crippen molar-refractivity contribution in [2.75, 3.05) is 23.8 Å². The molecule has 0 saturated carbocycles. The minimum Gasteiger partial charge on any atom is -0.381 e. The van der Waals surface area contributed by atoms with Gasteiger partial charge in [-0.1, -0.05) is 30.9 Å². The van der Waals surface area contributed by atoms with Crippen molar-refractivity contribution in [2.45, 2.75) is 31.7 Å². The van der Waals surface area contributed by atoms with E-state index in [1.54, 1.807) is 36.7 Å². The largest absolute Gasteiger partial charge is 0.381 e. The molecule has 8 nitrogen and oxygen atoms in total. The minimum atomic E-state index is -0.300. The van der Waals surface area contributed by atoms with Crippen LogP contribution in [0.4, 0.5) is 11.4 Å². The van der Waals surface area contributed by atoms with Crippen LogP contribution in [0, 0.1) is 6.92 Å². The number of thiophene rings is 1. The molecule has 1 aliphatic rings. The van der Waals surface area contributed by atoms with Gasteiger partial charge in [0.25, 0.3) is 11.8 Å². The number of carbonyl (C=O) groups is 2. The lowest BCUT2D eigenvalue weighted by atomic mass is 9.88. The summed E-state index contributed by atoms with van der Waals surface area (Å²) in [7, 11) is 0. The Morgan fingerprint density at radius 3 is 2.72 bits per heavy atom. The summed E-state index contributed by atoms with van der Waals surface area (Å²) in [6.45, 7) is 7.00. The maximum absolute atomic E-state index is 12.8. The third kappa shape index (κ3) is 6.31. The molecule has 0 unspecified atom stereocenters. The fourth-order valence-corrected chi connectivity index (χ4v) is 4.65. The molecule has 9 heteroatoms. The Morgan fingerprint density at radius 1 is 1.19 bits per heavy atom. The van der Waals surface area contributed by atoms with Crippen LogP contribution in [-0.2, 0) is 9.53 Å². The SMILES string of the molecule is C=C/C(=C\C=C/CC1(N)CCOCC1)C(=O)Nc1ccc(C)c(NC(=O)c2cc3nccnc3s2)c1. The number of aromatic nitrogens is 2. The number of hydrogen-bond acceptors (Lipinski definition) is 7. The maximum atomic E-state index is 12.8. The third-order valence-corrected chi connectivity index (χ3v) is 7.07. The van der Waals surface area contributed by atoms with Crippen LogP contribution in [0.2, 0.25) is 0 Å². The number of carbonyl (C=O) groups excluding carboxylic acids is 2. The molecule has 1 aliphatic heterocycles. The lowest BCUT2D eigenvalue weighted by Crippen LogP contribution is -2.44. The quantitative estimate of drug-likeness (QED) is 0.301. The van der Waals surface area contributed by atoms with Crippen LogP contribution in [0.15, 0.2) is 73.1 Å². The van der Waals surface area contributed by atoms with Gasteiger partial charge in [0, 0.05) is 48.1 Å². The van der Waals surface area contributed by atoms with Crippen molar-refractivity contribution < 1.29 is 14.3 Å². The van der Waals surface area contributed by atoms with E-state index in [1.165, 1.54) is 17.4 Å². The summed E-state index contributed by atoms with van der Waals surface area (Å²) < 4.78 is 5.38. The molecule has 0 radical (unpaired) electrons. The Balaban J connectivity index is 1.40. The van der Waals surface area contributed by atoms with Crippen LogP contribution < -0.4 is 16.4 Å². The Labute approximate surface area is 214 Å². The first-order valence-electron chi connectivity index (χ1n) is 11.7. The van der Waals surface area contributed by atoms with Gasteiger partial charge in [-0.15, -0.1) is 11.3 Å². The predicted octanol–water partition coefficient (Wildman–Crippen LogP) is 4.76. The summed E-state index contributed by atoms with van der Waals surface area (Å²) >= 11 is 1.28. The van der Waals surface area contributed by atoms with Crippen LogP contribution in [-0.4, -0.2) is 40.5 Å². The van der Waals surface area contributed by atoms with E-state index in [1.807, 2.05) is 25.1 Å². The lowest BCUT2D eigenvalue weighted by molar-refractivity contribution is -0.112. The molecule has 3 aromatic rings. The highest BCUT2D eigenvalue weighted by molar-refractivity contribution is 7.20. The predicted molar refractivity (Wildman–Crippen MR) is 144 cm³/mol. The molecule has 4 rings (SSSR count). The van der Waals surface area contributed by atoms with Crippen LogP contribution >= 0.6 is 11.3 Å². The zero-order chi connectivity index (χ0) is 25.5. The monoisotopic (exact) mass is 503 g/mol. The zero-order valence-electron chi connectivity index (χ0n) is 20.1. The summed E-state index contributed by atoms with van der Waals surface area (Å²) in [6.07, 6.45) is 12.6. The Morgan fingerprint density at radius 2 is 1.97 bits per heavy atom. The van der Waals surface area contributed by atoms with E-state index in [4.69, 9.17) is 10.5 Å². The van der Waals surface area contributed by atoms with Crippen molar-refractivity contribution in [2.24, 2.45) is 5.73 Å². The van der Waals surface area contributed by atoms with E-state index >= 15 is 0 Å². The van der Waals surface area contributed by atoms with Gasteiger partial charge in [0.05, 0.1) is 4.88 Å². The molecule has 0 spiro atoms. The summed E-state index contributed by atoms with van der Waals surface area (Å²) in [5.41, 5.74) is 9.26. The van der Waals surface area contributed by atoms with Gasteiger partial charge < -0.3 is 21.1 Å². The van der Waals surface area contributed by atoms with Crippen molar-refractivity contribution in [1.29, 1.82) is 0 Å². The summed E-state index contributed by atoms with van der Waals surface area (Å²) in [6, 6.07) is 7.07. The third-order valence-electron chi connectivity index (χ3n) is 6.04. The number of allylic oxidation sites excluding steroid dienone is 2. The van der Waals surface area contributed by atoms with Crippen LogP contribution in [0.5, 0.6) is 0 Å². The van der Waals surface area contributed by atoms with E-state index in [0.717, 1.165) is 18.4 Å². The highest BCUT2D eigenvalue weighted by atomic mass is 32.1. The van der Waals surface area contributed by atoms with Crippen molar-refractivity contribution >= 4 is 44.9 Å². The molecule has 1 aromatic carbocycles. The molecule has 1 fully saturated rings. The van der Waals surface area contributed by atoms with Gasteiger partial charge in [-0.05, 0) is 56.0 Å². The number of aryl methyl sites for hydroxylation is 1. The number of ether oxygens (including phenoxy) is 1. The summed E-state index contributed by atoms with van der Waals surface area (Å²) in [5, 5.41) is 5.79. The van der Waals surface area contributed by atoms with E-state index in [2.05, 4.69) is 27.2 Å². The zero-order valence-corrected chi connectivity index (χ0v) is 20.9. The second-order valence-corrected chi connectivity index (χ2v) is 9.76. The fourth-order valence-electron chi connectivity index (χ4n) is 3.80. The van der Waals surface area contributed by atoms with Gasteiger partial charge in [0.15, 0.2) is 0 Å². The minimum absolute atomic E-state index is 0.259. The number of nitrogens with one attached hydrogen (secondary N) is 2. The molecule has 0 aliphatic carbocycles. The highest BCUT2D eigenvalue weighted by Crippen LogP contribution is 2.26. The van der Waals surface area contributed by atoms with Gasteiger partial charge in [0.1, 0.15) is 10.3 Å². The first-order valence-corrected chi connectivity index (χ1v) is 12.5. The molecule has 1 saturated heterocycles. The van der Waals surface area contributed by atoms with Crippen LogP contribution in [0.1, 0.15) is 34.5 Å². The van der Waals surface area contributed by atoms with Crippen LogP contribution in [0.3, 0.4) is 0 Å². The molecule has 4 N–H and O–H groups in total. The average Bonchev–Trinajstić information content (AvgIpc) is 3.31. The molecular formula is C27H29N5O3S. The van der Waals surface area contributed by atoms with Crippen molar-refractivity contribution in [3.05, 3.63) is 83.6 Å². The van der Waals surface area contributed by atoms with Crippen molar-refractivity contribution in [3.8, 4) is 0 Å². The normalized spacial score (nSPS) is 15.7. The number of amides is 2. The Hall–Kier alpha value is -3.66. The smallest absolute Gasteiger partial charge is 0.265 e. The molecule has 2 aromatic heterocycles. The topological polar surface area (TPSA) is 119 Å². The maximum Gasteiger partial charge on any atom is 0.265 e.